The van der Waals surface area contributed by atoms with Gasteiger partial charge in [-0.05, 0) is 24.5 Å². The lowest BCUT2D eigenvalue weighted by atomic mass is 9.95. The van der Waals surface area contributed by atoms with Crippen molar-refractivity contribution in [1.29, 1.82) is 0 Å². The van der Waals surface area contributed by atoms with Crippen LogP contribution in [0.4, 0.5) is 4.39 Å². The van der Waals surface area contributed by atoms with Crippen molar-refractivity contribution in [3.8, 4) is 0 Å². The normalized spacial score (nSPS) is 32.9. The molecule has 1 aliphatic rings. The highest BCUT2D eigenvalue weighted by Crippen LogP contribution is 2.28. The molecular weight excluding hydrogens is 209 g/mol. The van der Waals surface area contributed by atoms with Crippen molar-refractivity contribution in [2.24, 2.45) is 11.7 Å². The highest BCUT2D eigenvalue weighted by molar-refractivity contribution is 6.25. The van der Waals surface area contributed by atoms with Gasteiger partial charge in [-0.25, -0.2) is 4.39 Å². The van der Waals surface area contributed by atoms with Crippen LogP contribution in [0.3, 0.4) is 0 Å². The number of nitrogens with two attached hydrogens (primary N) is 1. The first kappa shape index (κ1) is 11.2. The van der Waals surface area contributed by atoms with Crippen molar-refractivity contribution in [2.75, 3.05) is 0 Å². The standard InChI is InChI=1S/C9H11ClFNO2/c10-9(11)3-1-6(2-4-9)5-7(12)8(13)14/h1-4,6-7H,5,12H2,(H,13,14). The summed E-state index contributed by atoms with van der Waals surface area (Å²) in [6.07, 6.45) is 5.67. The summed E-state index contributed by atoms with van der Waals surface area (Å²) in [5.74, 6) is -1.22. The van der Waals surface area contributed by atoms with Crippen molar-refractivity contribution < 1.29 is 14.3 Å². The molecule has 0 saturated heterocycles. The molecule has 3 N–H and O–H groups in total. The minimum absolute atomic E-state index is 0.163. The first-order chi connectivity index (χ1) is 6.41. The molecule has 0 aromatic heterocycles. The van der Waals surface area contributed by atoms with Gasteiger partial charge in [0.2, 0.25) is 5.13 Å². The number of carboxylic acids is 1. The second-order valence-electron chi connectivity index (χ2n) is 3.24. The molecule has 0 bridgehead atoms. The number of hydrogen-bond acceptors (Lipinski definition) is 2. The van der Waals surface area contributed by atoms with Crippen LogP contribution in [0.15, 0.2) is 24.3 Å². The van der Waals surface area contributed by atoms with Crippen LogP contribution in [0.5, 0.6) is 0 Å². The van der Waals surface area contributed by atoms with Gasteiger partial charge in [0.15, 0.2) is 0 Å². The van der Waals surface area contributed by atoms with Crippen molar-refractivity contribution >= 4 is 17.6 Å². The SMILES string of the molecule is NC(CC1C=CC(F)(Cl)C=C1)C(=O)O. The summed E-state index contributed by atoms with van der Waals surface area (Å²) in [6.45, 7) is 0. The number of halogens is 2. The van der Waals surface area contributed by atoms with E-state index in [-0.39, 0.29) is 12.3 Å². The third kappa shape index (κ3) is 3.12. The summed E-state index contributed by atoms with van der Waals surface area (Å²) < 4.78 is 13.0. The maximum absolute atomic E-state index is 13.0. The Balaban J connectivity index is 2.51. The van der Waals surface area contributed by atoms with Gasteiger partial charge in [0.1, 0.15) is 6.04 Å². The summed E-state index contributed by atoms with van der Waals surface area (Å²) in [5, 5.41) is 6.60. The van der Waals surface area contributed by atoms with Gasteiger partial charge in [-0.2, -0.15) is 0 Å². The van der Waals surface area contributed by atoms with E-state index in [1.807, 2.05) is 0 Å². The van der Waals surface area contributed by atoms with E-state index in [0.29, 0.717) is 0 Å². The smallest absolute Gasteiger partial charge is 0.320 e. The minimum Gasteiger partial charge on any atom is -0.480 e. The fraction of sp³-hybridized carbons (Fsp3) is 0.444. The zero-order valence-corrected chi connectivity index (χ0v) is 8.12. The predicted octanol–water partition coefficient (Wildman–Crippen LogP) is 1.44. The second-order valence-corrected chi connectivity index (χ2v) is 3.82. The van der Waals surface area contributed by atoms with Gasteiger partial charge in [0.05, 0.1) is 0 Å². The molecule has 0 heterocycles. The molecule has 3 nitrogen and oxygen atoms in total. The number of rotatable bonds is 3. The molecule has 0 aromatic rings. The highest BCUT2D eigenvalue weighted by atomic mass is 35.5. The van der Waals surface area contributed by atoms with E-state index in [2.05, 4.69) is 0 Å². The topological polar surface area (TPSA) is 63.3 Å². The minimum atomic E-state index is -1.94. The van der Waals surface area contributed by atoms with E-state index in [9.17, 15) is 9.18 Å². The molecule has 1 unspecified atom stereocenters. The Morgan fingerprint density at radius 2 is 2.14 bits per heavy atom. The Morgan fingerprint density at radius 3 is 2.57 bits per heavy atom. The molecule has 0 saturated carbocycles. The van der Waals surface area contributed by atoms with E-state index in [0.717, 1.165) is 0 Å². The van der Waals surface area contributed by atoms with Gasteiger partial charge in [0.25, 0.3) is 0 Å². The lowest BCUT2D eigenvalue weighted by Crippen LogP contribution is -2.32. The number of hydrogen-bond donors (Lipinski definition) is 2. The van der Waals surface area contributed by atoms with Gasteiger partial charge in [-0.15, -0.1) is 0 Å². The largest absolute Gasteiger partial charge is 0.480 e. The molecule has 1 aliphatic carbocycles. The molecule has 1 rings (SSSR count). The van der Waals surface area contributed by atoms with Crippen molar-refractivity contribution in [2.45, 2.75) is 17.6 Å². The molecule has 0 fully saturated rings. The molecule has 0 radical (unpaired) electrons. The molecular formula is C9H11ClFNO2. The molecule has 0 amide bonds. The zero-order chi connectivity index (χ0) is 10.8. The summed E-state index contributed by atoms with van der Waals surface area (Å²) in [4.78, 5) is 10.4. The average Bonchev–Trinajstić information content (AvgIpc) is 2.08. The van der Waals surface area contributed by atoms with Gasteiger partial charge < -0.3 is 10.8 Å². The Morgan fingerprint density at radius 1 is 1.64 bits per heavy atom. The number of alkyl halides is 2. The summed E-state index contributed by atoms with van der Waals surface area (Å²) >= 11 is 5.35. The second kappa shape index (κ2) is 4.11. The van der Waals surface area contributed by atoms with Crippen LogP contribution in [-0.4, -0.2) is 22.2 Å². The fourth-order valence-corrected chi connectivity index (χ4v) is 1.32. The molecule has 5 heteroatoms. The third-order valence-corrected chi connectivity index (χ3v) is 2.23. The quantitative estimate of drug-likeness (QED) is 0.558. The molecule has 1 atom stereocenters. The highest BCUT2D eigenvalue weighted by Gasteiger charge is 2.24. The first-order valence-electron chi connectivity index (χ1n) is 4.15. The maximum Gasteiger partial charge on any atom is 0.320 e. The van der Waals surface area contributed by atoms with Crippen LogP contribution in [0.25, 0.3) is 0 Å². The third-order valence-electron chi connectivity index (χ3n) is 1.97. The van der Waals surface area contributed by atoms with Gasteiger partial charge in [0, 0.05) is 0 Å². The first-order valence-corrected chi connectivity index (χ1v) is 4.53. The van der Waals surface area contributed by atoms with E-state index >= 15 is 0 Å². The molecule has 0 aliphatic heterocycles. The molecule has 14 heavy (non-hydrogen) atoms. The van der Waals surface area contributed by atoms with E-state index in [1.165, 1.54) is 24.3 Å². The monoisotopic (exact) mass is 219 g/mol. The van der Waals surface area contributed by atoms with Crippen LogP contribution in [0, 0.1) is 5.92 Å². The van der Waals surface area contributed by atoms with Gasteiger partial charge in [-0.1, -0.05) is 23.8 Å². The Kier molecular flexibility index (Phi) is 3.29. The van der Waals surface area contributed by atoms with Crippen LogP contribution in [0.2, 0.25) is 0 Å². The van der Waals surface area contributed by atoms with Crippen molar-refractivity contribution in [3.05, 3.63) is 24.3 Å². The average molecular weight is 220 g/mol. The summed E-state index contributed by atoms with van der Waals surface area (Å²) in [6, 6.07) is -0.934. The molecule has 0 aromatic carbocycles. The van der Waals surface area contributed by atoms with E-state index in [1.54, 1.807) is 0 Å². The van der Waals surface area contributed by atoms with Crippen LogP contribution >= 0.6 is 11.6 Å². The van der Waals surface area contributed by atoms with Crippen LogP contribution in [0.1, 0.15) is 6.42 Å². The van der Waals surface area contributed by atoms with Crippen LogP contribution < -0.4 is 5.73 Å². The number of aliphatic carboxylic acids is 1. The number of allylic oxidation sites excluding steroid dienone is 4. The summed E-state index contributed by atoms with van der Waals surface area (Å²) in [5.41, 5.74) is 5.32. The van der Waals surface area contributed by atoms with Gasteiger partial charge in [-0.3, -0.25) is 4.79 Å². The lowest BCUT2D eigenvalue weighted by Gasteiger charge is -2.18. The maximum atomic E-state index is 13.0. The lowest BCUT2D eigenvalue weighted by molar-refractivity contribution is -0.138. The van der Waals surface area contributed by atoms with Gasteiger partial charge >= 0.3 is 5.97 Å². The number of carbonyl (C=O) groups is 1. The summed E-state index contributed by atoms with van der Waals surface area (Å²) in [7, 11) is 0. The van der Waals surface area contributed by atoms with Crippen LogP contribution in [-0.2, 0) is 4.79 Å². The van der Waals surface area contributed by atoms with Crippen molar-refractivity contribution in [1.82, 2.24) is 0 Å². The Labute approximate surface area is 86.0 Å². The Hall–Kier alpha value is -0.870. The van der Waals surface area contributed by atoms with E-state index in [4.69, 9.17) is 22.4 Å². The van der Waals surface area contributed by atoms with E-state index < -0.39 is 17.1 Å². The molecule has 78 valence electrons. The zero-order valence-electron chi connectivity index (χ0n) is 7.36. The fourth-order valence-electron chi connectivity index (χ4n) is 1.17. The molecule has 0 spiro atoms. The number of carboxylic acid groups (broad SMARTS) is 1. The van der Waals surface area contributed by atoms with Crippen molar-refractivity contribution in [3.63, 3.8) is 0 Å². The predicted molar refractivity (Wildman–Crippen MR) is 51.7 cm³/mol. The Bertz CT molecular complexity index is 273.